The van der Waals surface area contributed by atoms with Gasteiger partial charge in [0.15, 0.2) is 0 Å². The molecule has 0 aromatic carbocycles. The van der Waals surface area contributed by atoms with Gasteiger partial charge in [-0.3, -0.25) is 0 Å². The van der Waals surface area contributed by atoms with Crippen molar-refractivity contribution >= 4 is 0 Å². The highest BCUT2D eigenvalue weighted by Gasteiger charge is 2.47. The lowest BCUT2D eigenvalue weighted by Crippen LogP contribution is -2.43. The molecule has 0 aliphatic rings. The molecule has 0 aromatic heterocycles. The normalized spacial score (nSPS) is 12.7. The van der Waals surface area contributed by atoms with E-state index >= 15 is 0 Å². The van der Waals surface area contributed by atoms with Crippen LogP contribution in [0.5, 0.6) is 0 Å². The molecule has 0 rings (SSSR count). The molecule has 0 spiro atoms. The van der Waals surface area contributed by atoms with Gasteiger partial charge in [-0.2, -0.15) is 0 Å². The van der Waals surface area contributed by atoms with Crippen molar-refractivity contribution in [3.63, 3.8) is 0 Å². The quantitative estimate of drug-likeness (QED) is 0.262. The predicted molar refractivity (Wildman–Crippen MR) is 114 cm³/mol. The van der Waals surface area contributed by atoms with Crippen molar-refractivity contribution in [3.05, 3.63) is 0 Å². The maximum atomic E-state index is 10.0. The Morgan fingerprint density at radius 3 is 0.880 bits per heavy atom. The maximum absolute atomic E-state index is 10.0. The molecule has 0 bridgehead atoms. The molecule has 1 heteroatoms. The minimum atomic E-state index is 0.368. The van der Waals surface area contributed by atoms with Crippen LogP contribution in [0, 0.1) is 10.8 Å². The lowest BCUT2D eigenvalue weighted by atomic mass is 9.52. The third-order valence-electron chi connectivity index (χ3n) is 6.76. The van der Waals surface area contributed by atoms with Crippen molar-refractivity contribution in [2.75, 3.05) is 6.61 Å². The molecule has 25 heavy (non-hydrogen) atoms. The number of aliphatic hydroxyl groups is 1. The molecule has 0 aliphatic carbocycles. The minimum absolute atomic E-state index is 0.368. The van der Waals surface area contributed by atoms with Crippen LogP contribution in [-0.2, 0) is 0 Å². The molecule has 0 aromatic rings. The largest absolute Gasteiger partial charge is 0.396 e. The van der Waals surface area contributed by atoms with Crippen LogP contribution in [0.3, 0.4) is 0 Å². The Hall–Kier alpha value is -0.0400. The van der Waals surface area contributed by atoms with Crippen molar-refractivity contribution in [1.82, 2.24) is 0 Å². The van der Waals surface area contributed by atoms with E-state index in [1.807, 2.05) is 0 Å². The zero-order chi connectivity index (χ0) is 19.0. The van der Waals surface area contributed by atoms with Gasteiger partial charge in [-0.1, -0.05) is 98.8 Å². The van der Waals surface area contributed by atoms with E-state index in [1.54, 1.807) is 0 Å². The minimum Gasteiger partial charge on any atom is -0.396 e. The molecule has 0 aliphatic heterocycles. The van der Waals surface area contributed by atoms with Gasteiger partial charge in [-0.15, -0.1) is 0 Å². The van der Waals surface area contributed by atoms with E-state index in [-0.39, 0.29) is 0 Å². The van der Waals surface area contributed by atoms with Crippen molar-refractivity contribution in [2.45, 2.75) is 137 Å². The number of unbranched alkanes of at least 4 members (excludes halogenated alkanes) is 5. The van der Waals surface area contributed by atoms with Gasteiger partial charge in [-0.05, 0) is 49.4 Å². The molecule has 0 unspecified atom stereocenters. The van der Waals surface area contributed by atoms with Crippen LogP contribution in [0.1, 0.15) is 137 Å². The summed E-state index contributed by atoms with van der Waals surface area (Å²) in [6.45, 7) is 12.1. The summed E-state index contributed by atoms with van der Waals surface area (Å²) in [6.07, 6.45) is 21.1. The molecular weight excluding hydrogens is 304 g/mol. The van der Waals surface area contributed by atoms with E-state index in [0.29, 0.717) is 17.4 Å². The van der Waals surface area contributed by atoms with Crippen LogP contribution in [0.25, 0.3) is 0 Å². The Balaban J connectivity index is 5.87. The molecule has 0 heterocycles. The van der Waals surface area contributed by atoms with Crippen LogP contribution in [-0.4, -0.2) is 11.7 Å². The van der Waals surface area contributed by atoms with Gasteiger partial charge in [0.25, 0.3) is 0 Å². The first-order valence-corrected chi connectivity index (χ1v) is 11.7. The smallest absolute Gasteiger partial charge is 0.0436 e. The van der Waals surface area contributed by atoms with Crippen molar-refractivity contribution < 1.29 is 5.11 Å². The number of rotatable bonds is 18. The fourth-order valence-corrected chi connectivity index (χ4v) is 5.13. The number of aliphatic hydroxyl groups excluding tert-OH is 1. The van der Waals surface area contributed by atoms with E-state index in [0.717, 1.165) is 6.42 Å². The van der Waals surface area contributed by atoms with Gasteiger partial charge in [0.05, 0.1) is 0 Å². The first-order valence-electron chi connectivity index (χ1n) is 11.7. The third kappa shape index (κ3) is 8.02. The lowest BCUT2D eigenvalue weighted by Gasteiger charge is -2.53. The Morgan fingerprint density at radius 1 is 0.440 bits per heavy atom. The zero-order valence-electron chi connectivity index (χ0n) is 18.5. The Morgan fingerprint density at radius 2 is 0.680 bits per heavy atom. The highest BCUT2D eigenvalue weighted by molar-refractivity contribution is 4.98. The van der Waals surface area contributed by atoms with Crippen LogP contribution in [0.2, 0.25) is 0 Å². The molecule has 0 amide bonds. The van der Waals surface area contributed by atoms with E-state index in [1.165, 1.54) is 96.3 Å². The third-order valence-corrected chi connectivity index (χ3v) is 6.76. The number of hydrogen-bond acceptors (Lipinski definition) is 1. The second kappa shape index (κ2) is 15.1. The molecule has 0 radical (unpaired) electrons. The highest BCUT2D eigenvalue weighted by Crippen LogP contribution is 2.58. The Kier molecular flexibility index (Phi) is 15.0. The van der Waals surface area contributed by atoms with Crippen molar-refractivity contribution in [2.24, 2.45) is 10.8 Å². The van der Waals surface area contributed by atoms with E-state index < -0.39 is 0 Å². The average molecular weight is 355 g/mol. The summed E-state index contributed by atoms with van der Waals surface area (Å²) in [5.41, 5.74) is 0.829. The second-order valence-electron chi connectivity index (χ2n) is 8.55. The van der Waals surface area contributed by atoms with Crippen LogP contribution in [0.15, 0.2) is 0 Å². The van der Waals surface area contributed by atoms with Gasteiger partial charge in [-0.25, -0.2) is 0 Å². The fourth-order valence-electron chi connectivity index (χ4n) is 5.13. The first kappa shape index (κ1) is 25.0. The van der Waals surface area contributed by atoms with Crippen LogP contribution in [0.4, 0.5) is 0 Å². The zero-order valence-corrected chi connectivity index (χ0v) is 18.5. The van der Waals surface area contributed by atoms with Gasteiger partial charge < -0.3 is 5.11 Å². The summed E-state index contributed by atoms with van der Waals surface area (Å²) >= 11 is 0. The molecular formula is C24H50O. The molecule has 0 saturated heterocycles. The second-order valence-corrected chi connectivity index (χ2v) is 8.55. The SMILES string of the molecule is CCCCC(CCO)(CCCC)C(CCCC)(CCCC)CCCC. The summed E-state index contributed by atoms with van der Waals surface area (Å²) in [5, 5.41) is 10.0. The van der Waals surface area contributed by atoms with Gasteiger partial charge in [0, 0.05) is 6.61 Å². The molecule has 0 saturated carbocycles. The Labute approximate surface area is 160 Å². The molecule has 152 valence electrons. The van der Waals surface area contributed by atoms with E-state index in [2.05, 4.69) is 34.6 Å². The summed E-state index contributed by atoms with van der Waals surface area (Å²) in [6, 6.07) is 0. The molecule has 0 fully saturated rings. The number of hydrogen-bond donors (Lipinski definition) is 1. The summed E-state index contributed by atoms with van der Waals surface area (Å²) in [4.78, 5) is 0. The van der Waals surface area contributed by atoms with Crippen LogP contribution >= 0.6 is 0 Å². The summed E-state index contributed by atoms with van der Waals surface area (Å²) in [5.74, 6) is 0. The standard InChI is InChI=1S/C24H50O/c1-6-11-16-23(17-12-7-2,18-13-8-3)24(21-22-25,19-14-9-4)20-15-10-5/h25H,6-22H2,1-5H3. The Bertz CT molecular complexity index is 254. The molecule has 1 nitrogen and oxygen atoms in total. The van der Waals surface area contributed by atoms with E-state index in [4.69, 9.17) is 0 Å². The molecule has 0 atom stereocenters. The summed E-state index contributed by atoms with van der Waals surface area (Å²) in [7, 11) is 0. The topological polar surface area (TPSA) is 20.2 Å². The van der Waals surface area contributed by atoms with Crippen LogP contribution < -0.4 is 0 Å². The monoisotopic (exact) mass is 354 g/mol. The van der Waals surface area contributed by atoms with Gasteiger partial charge in [0.1, 0.15) is 0 Å². The molecule has 1 N–H and O–H groups in total. The first-order chi connectivity index (χ1) is 12.1. The summed E-state index contributed by atoms with van der Waals surface area (Å²) < 4.78 is 0. The maximum Gasteiger partial charge on any atom is 0.0436 e. The fraction of sp³-hybridized carbons (Fsp3) is 1.00. The average Bonchev–Trinajstić information content (AvgIpc) is 2.63. The predicted octanol–water partition coefficient (Wildman–Crippen LogP) is 8.29. The van der Waals surface area contributed by atoms with E-state index in [9.17, 15) is 5.11 Å². The van der Waals surface area contributed by atoms with Crippen molar-refractivity contribution in [1.29, 1.82) is 0 Å². The van der Waals surface area contributed by atoms with Gasteiger partial charge >= 0.3 is 0 Å². The van der Waals surface area contributed by atoms with Crippen molar-refractivity contribution in [3.8, 4) is 0 Å². The lowest BCUT2D eigenvalue weighted by molar-refractivity contribution is -0.0378. The highest BCUT2D eigenvalue weighted by atomic mass is 16.3. The van der Waals surface area contributed by atoms with Gasteiger partial charge in [0.2, 0.25) is 0 Å².